The third-order valence-electron chi connectivity index (χ3n) is 5.19. The van der Waals surface area contributed by atoms with Crippen LogP contribution in [-0.4, -0.2) is 70.7 Å². The second-order valence-electron chi connectivity index (χ2n) is 6.74. The SMILES string of the molecule is C=CC=O.CNc1cc(N)c(OC)cc1N1CCN(C2CCNCC2)CC1. The highest BCUT2D eigenvalue weighted by molar-refractivity contribution is 5.78. The van der Waals surface area contributed by atoms with Gasteiger partial charge in [-0.1, -0.05) is 6.58 Å². The van der Waals surface area contributed by atoms with Gasteiger partial charge >= 0.3 is 0 Å². The average molecular weight is 376 g/mol. The molecule has 150 valence electrons. The molecule has 0 radical (unpaired) electrons. The van der Waals surface area contributed by atoms with Crippen molar-refractivity contribution in [1.82, 2.24) is 10.2 Å². The summed E-state index contributed by atoms with van der Waals surface area (Å²) < 4.78 is 5.40. The third-order valence-corrected chi connectivity index (χ3v) is 5.19. The molecular formula is C20H33N5O2. The van der Waals surface area contributed by atoms with Gasteiger partial charge in [-0.2, -0.15) is 0 Å². The molecule has 7 nitrogen and oxygen atoms in total. The number of ether oxygens (including phenoxy) is 1. The van der Waals surface area contributed by atoms with Crippen molar-refractivity contribution >= 4 is 23.3 Å². The number of carbonyl (C=O) groups is 1. The lowest BCUT2D eigenvalue weighted by molar-refractivity contribution is -0.104. The lowest BCUT2D eigenvalue weighted by Crippen LogP contribution is -2.52. The molecule has 2 aliphatic heterocycles. The van der Waals surface area contributed by atoms with E-state index < -0.39 is 0 Å². The molecule has 0 unspecified atom stereocenters. The van der Waals surface area contributed by atoms with E-state index in [4.69, 9.17) is 15.3 Å². The smallest absolute Gasteiger partial charge is 0.143 e. The Bertz CT molecular complexity index is 603. The van der Waals surface area contributed by atoms with Crippen LogP contribution >= 0.6 is 0 Å². The molecule has 0 aromatic heterocycles. The van der Waals surface area contributed by atoms with E-state index in [1.807, 2.05) is 13.1 Å². The Morgan fingerprint density at radius 1 is 1.26 bits per heavy atom. The van der Waals surface area contributed by atoms with Crippen molar-refractivity contribution in [2.45, 2.75) is 18.9 Å². The fourth-order valence-electron chi connectivity index (χ4n) is 3.72. The van der Waals surface area contributed by atoms with Crippen molar-refractivity contribution < 1.29 is 9.53 Å². The van der Waals surface area contributed by atoms with Gasteiger partial charge in [0.1, 0.15) is 12.0 Å². The minimum absolute atomic E-state index is 0.639. The average Bonchev–Trinajstić information content (AvgIpc) is 2.74. The van der Waals surface area contributed by atoms with Crippen molar-refractivity contribution in [2.75, 3.05) is 69.4 Å². The highest BCUT2D eigenvalue weighted by Gasteiger charge is 2.26. The molecule has 0 spiro atoms. The molecule has 2 fully saturated rings. The maximum absolute atomic E-state index is 9.06. The first-order chi connectivity index (χ1) is 13.1. The van der Waals surface area contributed by atoms with E-state index in [0.717, 1.165) is 56.7 Å². The van der Waals surface area contributed by atoms with Crippen LogP contribution in [0.1, 0.15) is 12.8 Å². The molecule has 3 rings (SSSR count). The fourth-order valence-corrected chi connectivity index (χ4v) is 3.72. The Kier molecular flexibility index (Phi) is 8.42. The maximum Gasteiger partial charge on any atom is 0.143 e. The number of nitrogens with two attached hydrogens (primary N) is 1. The summed E-state index contributed by atoms with van der Waals surface area (Å²) in [7, 11) is 3.61. The summed E-state index contributed by atoms with van der Waals surface area (Å²) in [6, 6.07) is 4.78. The third kappa shape index (κ3) is 5.61. The van der Waals surface area contributed by atoms with Crippen LogP contribution in [0.5, 0.6) is 5.75 Å². The van der Waals surface area contributed by atoms with E-state index in [1.165, 1.54) is 24.6 Å². The van der Waals surface area contributed by atoms with Gasteiger partial charge < -0.3 is 26.0 Å². The number of piperazine rings is 1. The lowest BCUT2D eigenvalue weighted by atomic mass is 10.0. The van der Waals surface area contributed by atoms with Crippen molar-refractivity contribution in [3.8, 4) is 5.75 Å². The molecule has 0 aliphatic carbocycles. The second kappa shape index (κ2) is 10.8. The summed E-state index contributed by atoms with van der Waals surface area (Å²) in [4.78, 5) is 14.1. The Hall–Kier alpha value is -2.25. The number of nitrogens with one attached hydrogen (secondary N) is 2. The van der Waals surface area contributed by atoms with Gasteiger partial charge in [-0.15, -0.1) is 0 Å². The molecule has 1 aromatic rings. The Morgan fingerprint density at radius 2 is 1.89 bits per heavy atom. The number of aldehydes is 1. The van der Waals surface area contributed by atoms with Crippen molar-refractivity contribution in [2.24, 2.45) is 0 Å². The summed E-state index contributed by atoms with van der Waals surface area (Å²) in [5.74, 6) is 0.750. The summed E-state index contributed by atoms with van der Waals surface area (Å²) in [6.07, 6.45) is 4.38. The molecule has 7 heteroatoms. The van der Waals surface area contributed by atoms with Gasteiger partial charge in [0.2, 0.25) is 0 Å². The number of benzene rings is 1. The molecule has 2 saturated heterocycles. The molecule has 2 aliphatic rings. The van der Waals surface area contributed by atoms with Gasteiger partial charge in [-0.25, -0.2) is 0 Å². The molecule has 0 amide bonds. The van der Waals surface area contributed by atoms with E-state index >= 15 is 0 Å². The van der Waals surface area contributed by atoms with E-state index in [0.29, 0.717) is 12.0 Å². The van der Waals surface area contributed by atoms with Crippen LogP contribution < -0.4 is 26.0 Å². The number of nitrogen functional groups attached to an aromatic ring is 1. The summed E-state index contributed by atoms with van der Waals surface area (Å²) in [5, 5.41) is 6.71. The zero-order chi connectivity index (χ0) is 19.6. The number of hydrogen-bond acceptors (Lipinski definition) is 7. The highest BCUT2D eigenvalue weighted by Crippen LogP contribution is 2.35. The van der Waals surface area contributed by atoms with Crippen LogP contribution in [-0.2, 0) is 4.79 Å². The number of rotatable bonds is 5. The topological polar surface area (TPSA) is 82.9 Å². The van der Waals surface area contributed by atoms with Crippen molar-refractivity contribution in [1.29, 1.82) is 0 Å². The lowest BCUT2D eigenvalue weighted by Gasteiger charge is -2.42. The fraction of sp³-hybridized carbons (Fsp3) is 0.550. The summed E-state index contributed by atoms with van der Waals surface area (Å²) >= 11 is 0. The van der Waals surface area contributed by atoms with Crippen LogP contribution in [0, 0.1) is 0 Å². The molecule has 0 saturated carbocycles. The Morgan fingerprint density at radius 3 is 2.41 bits per heavy atom. The zero-order valence-electron chi connectivity index (χ0n) is 16.5. The van der Waals surface area contributed by atoms with Crippen LogP contribution in [0.15, 0.2) is 24.8 Å². The van der Waals surface area contributed by atoms with Gasteiger partial charge in [0.05, 0.1) is 24.2 Å². The minimum atomic E-state index is 0.639. The van der Waals surface area contributed by atoms with Crippen molar-refractivity contribution in [3.63, 3.8) is 0 Å². The summed E-state index contributed by atoms with van der Waals surface area (Å²) in [6.45, 7) is 9.77. The predicted octanol–water partition coefficient (Wildman–Crippen LogP) is 1.56. The first-order valence-electron chi connectivity index (χ1n) is 9.55. The zero-order valence-corrected chi connectivity index (χ0v) is 16.5. The molecule has 4 N–H and O–H groups in total. The van der Waals surface area contributed by atoms with E-state index in [-0.39, 0.29) is 0 Å². The molecule has 1 aromatic carbocycles. The van der Waals surface area contributed by atoms with Gasteiger partial charge in [-0.05, 0) is 38.1 Å². The van der Waals surface area contributed by atoms with Crippen LogP contribution in [0.4, 0.5) is 17.1 Å². The van der Waals surface area contributed by atoms with Crippen molar-refractivity contribution in [3.05, 3.63) is 24.8 Å². The highest BCUT2D eigenvalue weighted by atomic mass is 16.5. The largest absolute Gasteiger partial charge is 0.495 e. The standard InChI is InChI=1S/C17H29N5O.C3H4O/c1-19-15-11-14(18)17(23-2)12-16(15)22-9-7-21(8-10-22)13-3-5-20-6-4-13;1-2-3-4/h11-13,19-20H,3-10,18H2,1-2H3;2-3H,1H2. The number of methoxy groups -OCH3 is 1. The Balaban J connectivity index is 0.000000596. The first kappa shape index (κ1) is 21.1. The quantitative estimate of drug-likeness (QED) is 0.409. The molecular weight excluding hydrogens is 342 g/mol. The number of anilines is 3. The molecule has 2 heterocycles. The van der Waals surface area contributed by atoms with Crippen LogP contribution in [0.2, 0.25) is 0 Å². The van der Waals surface area contributed by atoms with Crippen LogP contribution in [0.25, 0.3) is 0 Å². The number of allylic oxidation sites excluding steroid dienone is 1. The maximum atomic E-state index is 9.06. The number of piperidine rings is 1. The molecule has 0 bridgehead atoms. The summed E-state index contributed by atoms with van der Waals surface area (Å²) in [5.41, 5.74) is 8.95. The number of carbonyl (C=O) groups excluding carboxylic acids is 1. The van der Waals surface area contributed by atoms with E-state index in [2.05, 4.69) is 33.1 Å². The van der Waals surface area contributed by atoms with E-state index in [9.17, 15) is 0 Å². The molecule has 0 atom stereocenters. The number of hydrogen-bond donors (Lipinski definition) is 3. The monoisotopic (exact) mass is 375 g/mol. The Labute approximate surface area is 162 Å². The van der Waals surface area contributed by atoms with Gasteiger partial charge in [0.25, 0.3) is 0 Å². The van der Waals surface area contributed by atoms with Crippen LogP contribution in [0.3, 0.4) is 0 Å². The van der Waals surface area contributed by atoms with Gasteiger partial charge in [0.15, 0.2) is 0 Å². The van der Waals surface area contributed by atoms with Gasteiger partial charge in [-0.3, -0.25) is 9.69 Å². The predicted molar refractivity (Wildman–Crippen MR) is 113 cm³/mol. The molecule has 27 heavy (non-hydrogen) atoms. The van der Waals surface area contributed by atoms with Gasteiger partial charge in [0, 0.05) is 45.3 Å². The van der Waals surface area contributed by atoms with E-state index in [1.54, 1.807) is 7.11 Å². The number of nitrogens with zero attached hydrogens (tertiary/aromatic N) is 2. The minimum Gasteiger partial charge on any atom is -0.495 e. The second-order valence-corrected chi connectivity index (χ2v) is 6.74. The normalized spacial score (nSPS) is 18.2. The first-order valence-corrected chi connectivity index (χ1v) is 9.55.